The minimum Gasteiger partial charge on any atom is -0.497 e. The fraction of sp³-hybridized carbons (Fsp3) is 0.333. The van der Waals surface area contributed by atoms with Crippen LogP contribution in [-0.4, -0.2) is 44.2 Å². The molecule has 24 heavy (non-hydrogen) atoms. The number of anilines is 1. The largest absolute Gasteiger partial charge is 0.497 e. The van der Waals surface area contributed by atoms with Crippen molar-refractivity contribution < 1.29 is 4.74 Å². The Morgan fingerprint density at radius 3 is 2.67 bits per heavy atom. The third-order valence-electron chi connectivity index (χ3n) is 4.02. The smallest absolute Gasteiger partial charge is 0.225 e. The third-order valence-corrected chi connectivity index (χ3v) is 4.02. The van der Waals surface area contributed by atoms with Gasteiger partial charge in [0.1, 0.15) is 5.75 Å². The Hall–Kier alpha value is -2.45. The lowest BCUT2D eigenvalue weighted by molar-refractivity contribution is 0.372. The summed E-state index contributed by atoms with van der Waals surface area (Å²) in [4.78, 5) is 8.83. The Morgan fingerprint density at radius 1 is 1.25 bits per heavy atom. The molecule has 9 heteroatoms. The molecule has 0 spiro atoms. The molecule has 1 aromatic carbocycles. The lowest BCUT2D eigenvalue weighted by Gasteiger charge is -2.32. The first-order valence-corrected chi connectivity index (χ1v) is 7.48. The third kappa shape index (κ3) is 2.98. The highest BCUT2D eigenvalue weighted by Crippen LogP contribution is 2.22. The van der Waals surface area contributed by atoms with Gasteiger partial charge in [-0.15, -0.1) is 17.5 Å². The molecular weight excluding hydrogens is 330 g/mol. The Bertz CT molecular complexity index is 829. The number of halogens is 1. The fourth-order valence-corrected chi connectivity index (χ4v) is 2.66. The van der Waals surface area contributed by atoms with Gasteiger partial charge >= 0.3 is 0 Å². The summed E-state index contributed by atoms with van der Waals surface area (Å²) in [5.74, 6) is 1.36. The summed E-state index contributed by atoms with van der Waals surface area (Å²) >= 11 is 0. The van der Waals surface area contributed by atoms with Crippen LogP contribution in [0.4, 0.5) is 5.95 Å². The van der Waals surface area contributed by atoms with Crippen LogP contribution in [0.3, 0.4) is 0 Å². The van der Waals surface area contributed by atoms with E-state index < -0.39 is 0 Å². The first-order valence-electron chi connectivity index (χ1n) is 7.48. The monoisotopic (exact) mass is 347 g/mol. The van der Waals surface area contributed by atoms with E-state index in [9.17, 15) is 0 Å². The van der Waals surface area contributed by atoms with Gasteiger partial charge in [-0.1, -0.05) is 5.21 Å². The highest BCUT2D eigenvalue weighted by Gasteiger charge is 2.26. The first-order chi connectivity index (χ1) is 11.2. The molecule has 8 nitrogen and oxygen atoms in total. The molecule has 0 radical (unpaired) electrons. The molecule has 0 unspecified atom stereocenters. The van der Waals surface area contributed by atoms with Crippen LogP contribution in [0.15, 0.2) is 30.5 Å². The van der Waals surface area contributed by atoms with Crippen molar-refractivity contribution >= 4 is 29.5 Å². The van der Waals surface area contributed by atoms with Gasteiger partial charge in [-0.05, 0) is 37.1 Å². The van der Waals surface area contributed by atoms with Crippen LogP contribution in [0.25, 0.3) is 16.9 Å². The fourth-order valence-electron chi connectivity index (χ4n) is 2.66. The molecule has 0 amide bonds. The number of aromatic nitrogens is 5. The molecule has 2 heterocycles. The van der Waals surface area contributed by atoms with E-state index in [-0.39, 0.29) is 18.4 Å². The highest BCUT2D eigenvalue weighted by atomic mass is 35.5. The van der Waals surface area contributed by atoms with E-state index in [1.165, 1.54) is 0 Å². The summed E-state index contributed by atoms with van der Waals surface area (Å²) in [6, 6.07) is 8.19. The van der Waals surface area contributed by atoms with Crippen LogP contribution in [0.1, 0.15) is 12.8 Å². The molecule has 2 aromatic heterocycles. The van der Waals surface area contributed by atoms with E-state index in [1.54, 1.807) is 18.0 Å². The van der Waals surface area contributed by atoms with Gasteiger partial charge in [0.25, 0.3) is 0 Å². The number of benzene rings is 1. The quantitative estimate of drug-likeness (QED) is 0.737. The molecule has 3 aromatic rings. The molecular formula is C15H18ClN7O. The average Bonchev–Trinajstić information content (AvgIpc) is 2.97. The van der Waals surface area contributed by atoms with Gasteiger partial charge < -0.3 is 15.8 Å². The lowest BCUT2D eigenvalue weighted by Crippen LogP contribution is -2.44. The predicted molar refractivity (Wildman–Crippen MR) is 92.9 cm³/mol. The number of nitrogens with one attached hydrogen (secondary N) is 1. The standard InChI is InChI=1S/C15H17N7O.ClH/c1-23-12-4-2-11(3-5-12)22-14-13(20-21-22)8-17-15(19-14)18-10-6-9(16)7-10;/h2-5,8-10H,6-7,16H2,1H3,(H,17,18,19);1H/t9-,10+;. The molecule has 1 fully saturated rings. The zero-order chi connectivity index (χ0) is 15.8. The number of hydrogen-bond acceptors (Lipinski definition) is 7. The van der Waals surface area contributed by atoms with Gasteiger partial charge in [-0.2, -0.15) is 9.67 Å². The van der Waals surface area contributed by atoms with Crippen molar-refractivity contribution in [1.29, 1.82) is 0 Å². The number of nitrogens with two attached hydrogens (primary N) is 1. The number of rotatable bonds is 4. The summed E-state index contributed by atoms with van der Waals surface area (Å²) in [7, 11) is 1.64. The number of ether oxygens (including phenoxy) is 1. The lowest BCUT2D eigenvalue weighted by atomic mass is 9.88. The molecule has 1 aliphatic carbocycles. The van der Waals surface area contributed by atoms with Crippen molar-refractivity contribution in [3.05, 3.63) is 30.5 Å². The van der Waals surface area contributed by atoms with Crippen molar-refractivity contribution in [2.75, 3.05) is 12.4 Å². The molecule has 0 atom stereocenters. The van der Waals surface area contributed by atoms with Crippen LogP contribution < -0.4 is 15.8 Å². The molecule has 126 valence electrons. The van der Waals surface area contributed by atoms with Gasteiger partial charge in [0.2, 0.25) is 5.95 Å². The van der Waals surface area contributed by atoms with E-state index in [0.29, 0.717) is 23.2 Å². The van der Waals surface area contributed by atoms with E-state index in [2.05, 4.69) is 25.6 Å². The second-order valence-corrected chi connectivity index (χ2v) is 5.67. The molecule has 4 rings (SSSR count). The van der Waals surface area contributed by atoms with Crippen molar-refractivity contribution in [2.24, 2.45) is 5.73 Å². The predicted octanol–water partition coefficient (Wildman–Crippen LogP) is 1.54. The van der Waals surface area contributed by atoms with E-state index in [0.717, 1.165) is 24.3 Å². The summed E-state index contributed by atoms with van der Waals surface area (Å²) in [6.45, 7) is 0. The number of fused-ring (bicyclic) bond motifs is 1. The maximum absolute atomic E-state index is 5.81. The molecule has 3 N–H and O–H groups in total. The summed E-state index contributed by atoms with van der Waals surface area (Å²) in [6.07, 6.45) is 3.56. The van der Waals surface area contributed by atoms with Crippen molar-refractivity contribution in [3.8, 4) is 11.4 Å². The minimum atomic E-state index is 0. The molecule has 1 saturated carbocycles. The number of nitrogens with zero attached hydrogens (tertiary/aromatic N) is 5. The Balaban J connectivity index is 0.00000169. The van der Waals surface area contributed by atoms with E-state index in [4.69, 9.17) is 10.5 Å². The van der Waals surface area contributed by atoms with Gasteiger partial charge in [0, 0.05) is 12.1 Å². The van der Waals surface area contributed by atoms with Gasteiger partial charge in [0.15, 0.2) is 11.2 Å². The van der Waals surface area contributed by atoms with Gasteiger partial charge in [-0.3, -0.25) is 0 Å². The van der Waals surface area contributed by atoms with E-state index >= 15 is 0 Å². The second-order valence-electron chi connectivity index (χ2n) is 5.67. The zero-order valence-electron chi connectivity index (χ0n) is 13.1. The summed E-state index contributed by atoms with van der Waals surface area (Å²) in [5, 5.41) is 11.6. The molecule has 0 saturated heterocycles. The zero-order valence-corrected chi connectivity index (χ0v) is 13.9. The molecule has 1 aliphatic rings. The first kappa shape index (κ1) is 16.4. The SMILES string of the molecule is COc1ccc(-n2nnc3cnc(N[C@H]4C[C@@H](N)C4)nc32)cc1.Cl. The topological polar surface area (TPSA) is 104 Å². The van der Waals surface area contributed by atoms with Crippen LogP contribution in [0.2, 0.25) is 0 Å². The van der Waals surface area contributed by atoms with Crippen LogP contribution in [0, 0.1) is 0 Å². The molecule has 0 aliphatic heterocycles. The highest BCUT2D eigenvalue weighted by molar-refractivity contribution is 5.85. The van der Waals surface area contributed by atoms with Crippen LogP contribution in [0.5, 0.6) is 5.75 Å². The van der Waals surface area contributed by atoms with E-state index in [1.807, 2.05) is 24.3 Å². The van der Waals surface area contributed by atoms with Crippen molar-refractivity contribution in [2.45, 2.75) is 24.9 Å². The van der Waals surface area contributed by atoms with Crippen molar-refractivity contribution in [1.82, 2.24) is 25.0 Å². The Morgan fingerprint density at radius 2 is 2.00 bits per heavy atom. The number of hydrogen-bond donors (Lipinski definition) is 2. The summed E-state index contributed by atoms with van der Waals surface area (Å²) in [5.41, 5.74) is 7.98. The minimum absolute atomic E-state index is 0. The Kier molecular flexibility index (Phi) is 4.50. The van der Waals surface area contributed by atoms with Crippen LogP contribution >= 0.6 is 12.4 Å². The van der Waals surface area contributed by atoms with Crippen molar-refractivity contribution in [3.63, 3.8) is 0 Å². The van der Waals surface area contributed by atoms with Crippen LogP contribution in [-0.2, 0) is 0 Å². The Labute approximate surface area is 144 Å². The van der Waals surface area contributed by atoms with Gasteiger partial charge in [-0.25, -0.2) is 4.98 Å². The average molecular weight is 348 g/mol. The molecule has 0 bridgehead atoms. The second kappa shape index (κ2) is 6.58. The number of methoxy groups -OCH3 is 1. The maximum Gasteiger partial charge on any atom is 0.225 e. The normalized spacial score (nSPS) is 19.4. The van der Waals surface area contributed by atoms with Gasteiger partial charge in [0.05, 0.1) is 19.0 Å². The maximum atomic E-state index is 5.81. The summed E-state index contributed by atoms with van der Waals surface area (Å²) < 4.78 is 6.86.